The fraction of sp³-hybridized carbons (Fsp3) is 0.259. The summed E-state index contributed by atoms with van der Waals surface area (Å²) >= 11 is 0. The Balaban J connectivity index is 1.25. The number of rotatable bonds is 9. The van der Waals surface area contributed by atoms with Crippen LogP contribution in [0.15, 0.2) is 78.9 Å². The Morgan fingerprint density at radius 1 is 0.848 bits per heavy atom. The molecule has 3 amide bonds. The smallest absolute Gasteiger partial charge is 0.315 e. The van der Waals surface area contributed by atoms with E-state index in [1.54, 1.807) is 0 Å². The highest BCUT2D eigenvalue weighted by molar-refractivity contribution is 5.78. The number of likely N-dealkylation sites (tertiary alicyclic amines) is 1. The van der Waals surface area contributed by atoms with Crippen molar-refractivity contribution in [1.82, 2.24) is 15.5 Å². The summed E-state index contributed by atoms with van der Waals surface area (Å²) in [6, 6.07) is 25.5. The van der Waals surface area contributed by atoms with E-state index in [9.17, 15) is 9.59 Å². The molecule has 1 fully saturated rings. The van der Waals surface area contributed by atoms with Gasteiger partial charge in [-0.05, 0) is 29.2 Å². The summed E-state index contributed by atoms with van der Waals surface area (Å²) in [6.45, 7) is 2.70. The van der Waals surface area contributed by atoms with Gasteiger partial charge in [-0.3, -0.25) is 4.79 Å². The average molecular weight is 444 g/mol. The Labute approximate surface area is 194 Å². The van der Waals surface area contributed by atoms with Crippen molar-refractivity contribution in [3.63, 3.8) is 0 Å². The van der Waals surface area contributed by atoms with Crippen LogP contribution < -0.4 is 15.4 Å². The molecule has 1 saturated heterocycles. The quantitative estimate of drug-likeness (QED) is 0.515. The first-order chi connectivity index (χ1) is 16.2. The lowest BCUT2D eigenvalue weighted by atomic mass is 10.1. The predicted octanol–water partition coefficient (Wildman–Crippen LogP) is 4.39. The molecule has 33 heavy (non-hydrogen) atoms. The molecule has 6 heteroatoms. The number of benzene rings is 3. The monoisotopic (exact) mass is 443 g/mol. The van der Waals surface area contributed by atoms with Crippen LogP contribution in [0.4, 0.5) is 4.79 Å². The van der Waals surface area contributed by atoms with Gasteiger partial charge in [0.25, 0.3) is 0 Å². The van der Waals surface area contributed by atoms with Gasteiger partial charge in [0.05, 0.1) is 0 Å². The second-order valence-electron chi connectivity index (χ2n) is 8.16. The number of carbonyl (C=O) groups excluding carboxylic acids is 2. The zero-order valence-electron chi connectivity index (χ0n) is 18.6. The van der Waals surface area contributed by atoms with Gasteiger partial charge in [-0.1, -0.05) is 72.8 Å². The third kappa shape index (κ3) is 6.59. The van der Waals surface area contributed by atoms with Gasteiger partial charge in [0.1, 0.15) is 12.4 Å². The first-order valence-corrected chi connectivity index (χ1v) is 11.3. The van der Waals surface area contributed by atoms with Crippen molar-refractivity contribution < 1.29 is 14.3 Å². The Morgan fingerprint density at radius 2 is 1.58 bits per heavy atom. The Morgan fingerprint density at radius 3 is 2.39 bits per heavy atom. The number of nitrogens with one attached hydrogen (secondary N) is 2. The van der Waals surface area contributed by atoms with E-state index in [1.807, 2.05) is 83.8 Å². The molecule has 1 aliphatic rings. The van der Waals surface area contributed by atoms with Crippen molar-refractivity contribution in [2.45, 2.75) is 39.1 Å². The molecular weight excluding hydrogens is 414 g/mol. The van der Waals surface area contributed by atoms with Gasteiger partial charge in [0.15, 0.2) is 0 Å². The van der Waals surface area contributed by atoms with Crippen LogP contribution in [0.5, 0.6) is 5.75 Å². The molecule has 0 aliphatic carbocycles. The molecule has 0 unspecified atom stereocenters. The van der Waals surface area contributed by atoms with Crippen LogP contribution in [-0.4, -0.2) is 23.4 Å². The van der Waals surface area contributed by atoms with E-state index in [0.717, 1.165) is 41.0 Å². The van der Waals surface area contributed by atoms with Gasteiger partial charge in [-0.15, -0.1) is 0 Å². The molecular formula is C27H29N3O3. The molecule has 0 spiro atoms. The minimum atomic E-state index is -0.243. The van der Waals surface area contributed by atoms with Crippen LogP contribution in [-0.2, 0) is 31.0 Å². The van der Waals surface area contributed by atoms with Crippen molar-refractivity contribution in [1.29, 1.82) is 0 Å². The third-order valence-corrected chi connectivity index (χ3v) is 5.64. The molecule has 2 N–H and O–H groups in total. The van der Waals surface area contributed by atoms with Crippen LogP contribution in [0.25, 0.3) is 0 Å². The fourth-order valence-corrected chi connectivity index (χ4v) is 3.88. The molecule has 1 aliphatic heterocycles. The number of nitrogens with zero attached hydrogens (tertiary/aromatic N) is 1. The number of hydrogen-bond donors (Lipinski definition) is 2. The minimum absolute atomic E-state index is 0.214. The number of ether oxygens (including phenoxy) is 1. The second-order valence-corrected chi connectivity index (χ2v) is 8.16. The summed E-state index contributed by atoms with van der Waals surface area (Å²) in [7, 11) is 0. The second kappa shape index (κ2) is 11.2. The number of hydrogen-bond acceptors (Lipinski definition) is 3. The van der Waals surface area contributed by atoms with E-state index in [2.05, 4.69) is 10.6 Å². The maximum Gasteiger partial charge on any atom is 0.315 e. The average Bonchev–Trinajstić information content (AvgIpc) is 3.25. The molecule has 170 valence electrons. The van der Waals surface area contributed by atoms with Crippen LogP contribution >= 0.6 is 0 Å². The van der Waals surface area contributed by atoms with E-state index in [1.165, 1.54) is 0 Å². The third-order valence-electron chi connectivity index (χ3n) is 5.64. The summed E-state index contributed by atoms with van der Waals surface area (Å²) in [5, 5.41) is 5.81. The highest BCUT2D eigenvalue weighted by atomic mass is 16.5. The molecule has 0 saturated carbocycles. The van der Waals surface area contributed by atoms with E-state index in [-0.39, 0.29) is 11.9 Å². The summed E-state index contributed by atoms with van der Waals surface area (Å²) in [5.41, 5.74) is 4.09. The zero-order chi connectivity index (χ0) is 22.9. The van der Waals surface area contributed by atoms with E-state index >= 15 is 0 Å². The normalized spacial score (nSPS) is 13.1. The van der Waals surface area contributed by atoms with Gasteiger partial charge in [-0.25, -0.2) is 4.79 Å². The Bertz CT molecular complexity index is 1080. The minimum Gasteiger partial charge on any atom is -0.489 e. The molecule has 0 aromatic heterocycles. The van der Waals surface area contributed by atoms with E-state index in [0.29, 0.717) is 32.7 Å². The van der Waals surface area contributed by atoms with Crippen LogP contribution in [0.3, 0.4) is 0 Å². The molecule has 0 bridgehead atoms. The Hall–Kier alpha value is -3.80. The summed E-state index contributed by atoms with van der Waals surface area (Å²) in [4.78, 5) is 26.1. The molecule has 0 atom stereocenters. The van der Waals surface area contributed by atoms with Crippen LogP contribution in [0.2, 0.25) is 0 Å². The van der Waals surface area contributed by atoms with Gasteiger partial charge in [0, 0.05) is 38.2 Å². The SMILES string of the molecule is O=C(NCc1cccc(CN2CCCC2=O)c1)NCc1ccccc1OCc1ccccc1. The summed E-state index contributed by atoms with van der Waals surface area (Å²) in [6.07, 6.45) is 1.57. The fourth-order valence-electron chi connectivity index (χ4n) is 3.88. The van der Waals surface area contributed by atoms with Crippen molar-refractivity contribution in [2.24, 2.45) is 0 Å². The number of para-hydroxylation sites is 1. The maximum absolute atomic E-state index is 12.4. The van der Waals surface area contributed by atoms with Crippen molar-refractivity contribution >= 4 is 11.9 Å². The van der Waals surface area contributed by atoms with Crippen molar-refractivity contribution in [3.8, 4) is 5.75 Å². The standard InChI is InChI=1S/C27H29N3O3/c31-26-14-7-15-30(26)19-23-11-6-10-22(16-23)17-28-27(32)29-18-24-12-4-5-13-25(24)33-20-21-8-2-1-3-9-21/h1-6,8-13,16H,7,14-15,17-20H2,(H2,28,29,32). The first kappa shape index (κ1) is 22.4. The van der Waals surface area contributed by atoms with Gasteiger partial charge < -0.3 is 20.3 Å². The van der Waals surface area contributed by atoms with Crippen molar-refractivity contribution in [2.75, 3.05) is 6.54 Å². The van der Waals surface area contributed by atoms with Crippen molar-refractivity contribution in [3.05, 3.63) is 101 Å². The molecule has 1 heterocycles. The number of urea groups is 1. The van der Waals surface area contributed by atoms with Crippen LogP contribution in [0.1, 0.15) is 35.1 Å². The van der Waals surface area contributed by atoms with E-state index < -0.39 is 0 Å². The molecule has 6 nitrogen and oxygen atoms in total. The number of amides is 3. The van der Waals surface area contributed by atoms with Gasteiger partial charge in [-0.2, -0.15) is 0 Å². The first-order valence-electron chi connectivity index (χ1n) is 11.3. The maximum atomic E-state index is 12.4. The summed E-state index contributed by atoms with van der Waals surface area (Å²) < 4.78 is 5.96. The Kier molecular flexibility index (Phi) is 7.59. The highest BCUT2D eigenvalue weighted by Crippen LogP contribution is 2.19. The lowest BCUT2D eigenvalue weighted by Crippen LogP contribution is -2.34. The van der Waals surface area contributed by atoms with E-state index in [4.69, 9.17) is 4.74 Å². The number of carbonyl (C=O) groups is 2. The zero-order valence-corrected chi connectivity index (χ0v) is 18.6. The lowest BCUT2D eigenvalue weighted by Gasteiger charge is -2.16. The topological polar surface area (TPSA) is 70.7 Å². The summed E-state index contributed by atoms with van der Waals surface area (Å²) in [5.74, 6) is 0.969. The molecule has 3 aromatic rings. The predicted molar refractivity (Wildman–Crippen MR) is 127 cm³/mol. The highest BCUT2D eigenvalue weighted by Gasteiger charge is 2.19. The molecule has 0 radical (unpaired) electrons. The van der Waals surface area contributed by atoms with Gasteiger partial charge >= 0.3 is 6.03 Å². The van der Waals surface area contributed by atoms with Crippen LogP contribution in [0, 0.1) is 0 Å². The largest absolute Gasteiger partial charge is 0.489 e. The lowest BCUT2D eigenvalue weighted by molar-refractivity contribution is -0.128. The molecule has 4 rings (SSSR count). The molecule has 3 aromatic carbocycles. The van der Waals surface area contributed by atoms with Gasteiger partial charge in [0.2, 0.25) is 5.91 Å².